The van der Waals surface area contributed by atoms with Crippen LogP contribution in [0, 0.1) is 0 Å². The Kier molecular flexibility index (Phi) is 8.54. The van der Waals surface area contributed by atoms with Crippen molar-refractivity contribution in [1.29, 1.82) is 0 Å². The first-order valence-electron chi connectivity index (χ1n) is 10.3. The van der Waals surface area contributed by atoms with Gasteiger partial charge in [0.1, 0.15) is 5.75 Å². The second kappa shape index (κ2) is 11.6. The monoisotopic (exact) mass is 470 g/mol. The van der Waals surface area contributed by atoms with Gasteiger partial charge in [-0.05, 0) is 73.0 Å². The van der Waals surface area contributed by atoms with E-state index in [2.05, 4.69) is 17.6 Å². The lowest BCUT2D eigenvalue weighted by Gasteiger charge is -2.09. The van der Waals surface area contributed by atoms with Crippen molar-refractivity contribution in [3.8, 4) is 5.75 Å². The summed E-state index contributed by atoms with van der Waals surface area (Å²) in [4.78, 5) is 24.5. The number of carbonyl (C=O) groups excluding carboxylic acids is 2. The maximum absolute atomic E-state index is 12.5. The minimum absolute atomic E-state index is 0.184. The number of amides is 2. The van der Waals surface area contributed by atoms with Crippen molar-refractivity contribution in [1.82, 2.24) is 0 Å². The molecule has 5 nitrogen and oxygen atoms in total. The molecule has 32 heavy (non-hydrogen) atoms. The number of aryl methyl sites for hydroxylation is 1. The molecule has 0 fully saturated rings. The molecule has 0 aliphatic rings. The molecule has 2 N–H and O–H groups in total. The molecule has 0 aliphatic heterocycles. The SMILES string of the molecule is CCCCc1ccc(NC(=O)c2ccc(OCC(=O)Nc3ccc(Cl)c(Cl)c3)cc2)cc1. The number of nitrogens with one attached hydrogen (secondary N) is 2. The normalized spacial score (nSPS) is 10.5. The fourth-order valence-corrected chi connectivity index (χ4v) is 3.26. The molecular weight excluding hydrogens is 447 g/mol. The number of carbonyl (C=O) groups is 2. The van der Waals surface area contributed by atoms with E-state index in [-0.39, 0.29) is 18.4 Å². The van der Waals surface area contributed by atoms with E-state index in [1.54, 1.807) is 42.5 Å². The van der Waals surface area contributed by atoms with Crippen molar-refractivity contribution in [2.24, 2.45) is 0 Å². The smallest absolute Gasteiger partial charge is 0.262 e. The number of unbranched alkanes of at least 4 members (excludes halogenated alkanes) is 1. The maximum atomic E-state index is 12.5. The molecule has 0 atom stereocenters. The second-order valence-electron chi connectivity index (χ2n) is 7.24. The van der Waals surface area contributed by atoms with Crippen LogP contribution in [0.5, 0.6) is 5.75 Å². The number of anilines is 2. The predicted molar refractivity (Wildman–Crippen MR) is 130 cm³/mol. The number of rotatable bonds is 9. The standard InChI is InChI=1S/C25H24Cl2N2O3/c1-2-3-4-17-5-9-19(10-6-17)29-25(31)18-7-12-21(13-8-18)32-16-24(30)28-20-11-14-22(26)23(27)15-20/h5-15H,2-4,16H2,1H3,(H,28,30)(H,29,31). The Morgan fingerprint density at radius 3 is 2.19 bits per heavy atom. The summed E-state index contributed by atoms with van der Waals surface area (Å²) in [6, 6.07) is 19.3. The van der Waals surface area contributed by atoms with Gasteiger partial charge in [-0.15, -0.1) is 0 Å². The highest BCUT2D eigenvalue weighted by Crippen LogP contribution is 2.25. The third-order valence-electron chi connectivity index (χ3n) is 4.72. The molecular formula is C25H24Cl2N2O3. The molecule has 0 heterocycles. The van der Waals surface area contributed by atoms with Gasteiger partial charge in [0.2, 0.25) is 0 Å². The van der Waals surface area contributed by atoms with Crippen molar-refractivity contribution in [3.05, 3.63) is 87.9 Å². The van der Waals surface area contributed by atoms with Crippen LogP contribution in [-0.2, 0) is 11.2 Å². The summed E-state index contributed by atoms with van der Waals surface area (Å²) in [5.41, 5.74) is 3.02. The molecule has 3 aromatic carbocycles. The van der Waals surface area contributed by atoms with Crippen LogP contribution >= 0.6 is 23.2 Å². The van der Waals surface area contributed by atoms with Gasteiger partial charge < -0.3 is 15.4 Å². The molecule has 7 heteroatoms. The lowest BCUT2D eigenvalue weighted by atomic mass is 10.1. The first kappa shape index (κ1) is 23.6. The topological polar surface area (TPSA) is 67.4 Å². The number of hydrogen-bond donors (Lipinski definition) is 2. The van der Waals surface area contributed by atoms with Crippen LogP contribution in [0.1, 0.15) is 35.7 Å². The molecule has 0 aliphatic carbocycles. The molecule has 0 saturated carbocycles. The zero-order valence-electron chi connectivity index (χ0n) is 17.7. The van der Waals surface area contributed by atoms with Gasteiger partial charge in [0.15, 0.2) is 6.61 Å². The number of benzene rings is 3. The zero-order valence-corrected chi connectivity index (χ0v) is 19.2. The molecule has 3 rings (SSSR count). The number of halogens is 2. The molecule has 0 saturated heterocycles. The Morgan fingerprint density at radius 1 is 0.844 bits per heavy atom. The molecule has 0 bridgehead atoms. The third kappa shape index (κ3) is 7.01. The van der Waals surface area contributed by atoms with Crippen molar-refractivity contribution < 1.29 is 14.3 Å². The average Bonchev–Trinajstić information content (AvgIpc) is 2.80. The lowest BCUT2D eigenvalue weighted by Crippen LogP contribution is -2.20. The number of hydrogen-bond acceptors (Lipinski definition) is 3. The first-order valence-corrected chi connectivity index (χ1v) is 11.1. The maximum Gasteiger partial charge on any atom is 0.262 e. The highest BCUT2D eigenvalue weighted by molar-refractivity contribution is 6.42. The van der Waals surface area contributed by atoms with Crippen molar-refractivity contribution >= 4 is 46.4 Å². The summed E-state index contributed by atoms with van der Waals surface area (Å²) in [6.45, 7) is 1.98. The van der Waals surface area contributed by atoms with Crippen molar-refractivity contribution in [2.75, 3.05) is 17.2 Å². The van der Waals surface area contributed by atoms with E-state index in [1.807, 2.05) is 24.3 Å². The first-order chi connectivity index (χ1) is 15.4. The Morgan fingerprint density at radius 2 is 1.53 bits per heavy atom. The predicted octanol–water partition coefficient (Wildman–Crippen LogP) is 6.61. The van der Waals surface area contributed by atoms with Gasteiger partial charge in [-0.2, -0.15) is 0 Å². The summed E-state index contributed by atoms with van der Waals surface area (Å²) >= 11 is 11.8. The van der Waals surface area contributed by atoms with Crippen LogP contribution in [0.2, 0.25) is 10.0 Å². The fourth-order valence-electron chi connectivity index (χ4n) is 2.96. The van der Waals surface area contributed by atoms with E-state index in [1.165, 1.54) is 5.56 Å². The van der Waals surface area contributed by atoms with E-state index in [9.17, 15) is 9.59 Å². The Hall–Kier alpha value is -3.02. The Balaban J connectivity index is 1.49. The van der Waals surface area contributed by atoms with E-state index in [0.717, 1.165) is 24.9 Å². The summed E-state index contributed by atoms with van der Waals surface area (Å²) in [7, 11) is 0. The van der Waals surface area contributed by atoms with Gasteiger partial charge in [0.25, 0.3) is 11.8 Å². The summed E-state index contributed by atoms with van der Waals surface area (Å²) < 4.78 is 5.49. The van der Waals surface area contributed by atoms with E-state index in [0.29, 0.717) is 27.0 Å². The van der Waals surface area contributed by atoms with Gasteiger partial charge in [0, 0.05) is 16.9 Å². The third-order valence-corrected chi connectivity index (χ3v) is 5.46. The van der Waals surface area contributed by atoms with Crippen LogP contribution < -0.4 is 15.4 Å². The highest BCUT2D eigenvalue weighted by Gasteiger charge is 2.09. The van der Waals surface area contributed by atoms with E-state index in [4.69, 9.17) is 27.9 Å². The summed E-state index contributed by atoms with van der Waals surface area (Å²) in [5, 5.41) is 6.33. The highest BCUT2D eigenvalue weighted by atomic mass is 35.5. The molecule has 0 spiro atoms. The summed E-state index contributed by atoms with van der Waals surface area (Å²) in [5.74, 6) is -0.0751. The molecule has 0 aromatic heterocycles. The van der Waals surface area contributed by atoms with Crippen LogP contribution in [-0.4, -0.2) is 18.4 Å². The van der Waals surface area contributed by atoms with E-state index < -0.39 is 0 Å². The van der Waals surface area contributed by atoms with Crippen molar-refractivity contribution in [2.45, 2.75) is 26.2 Å². The fraction of sp³-hybridized carbons (Fsp3) is 0.200. The number of ether oxygens (including phenoxy) is 1. The van der Waals surface area contributed by atoms with Gasteiger partial charge in [-0.25, -0.2) is 0 Å². The molecule has 2 amide bonds. The van der Waals surface area contributed by atoms with Crippen LogP contribution in [0.25, 0.3) is 0 Å². The van der Waals surface area contributed by atoms with Crippen LogP contribution in [0.4, 0.5) is 11.4 Å². The molecule has 3 aromatic rings. The molecule has 0 unspecified atom stereocenters. The summed E-state index contributed by atoms with van der Waals surface area (Å²) in [6.07, 6.45) is 3.34. The van der Waals surface area contributed by atoms with Crippen LogP contribution in [0.3, 0.4) is 0 Å². The molecule has 166 valence electrons. The van der Waals surface area contributed by atoms with Gasteiger partial charge >= 0.3 is 0 Å². The van der Waals surface area contributed by atoms with Gasteiger partial charge in [-0.3, -0.25) is 9.59 Å². The second-order valence-corrected chi connectivity index (χ2v) is 8.06. The molecule has 0 radical (unpaired) electrons. The van der Waals surface area contributed by atoms with Crippen molar-refractivity contribution in [3.63, 3.8) is 0 Å². The largest absolute Gasteiger partial charge is 0.484 e. The zero-order chi connectivity index (χ0) is 22.9. The van der Waals surface area contributed by atoms with Gasteiger partial charge in [0.05, 0.1) is 10.0 Å². The minimum Gasteiger partial charge on any atom is -0.484 e. The lowest BCUT2D eigenvalue weighted by molar-refractivity contribution is -0.118. The van der Waals surface area contributed by atoms with E-state index >= 15 is 0 Å². The quantitative estimate of drug-likeness (QED) is 0.369. The van der Waals surface area contributed by atoms with Crippen LogP contribution in [0.15, 0.2) is 66.7 Å². The average molecular weight is 471 g/mol. The Labute approximate surface area is 197 Å². The minimum atomic E-state index is -0.340. The van der Waals surface area contributed by atoms with Gasteiger partial charge in [-0.1, -0.05) is 48.7 Å². The Bertz CT molecular complexity index is 1070.